The van der Waals surface area contributed by atoms with E-state index < -0.39 is 15.9 Å². The molecule has 0 radical (unpaired) electrons. The molecular weight excluding hydrogens is 488 g/mol. The largest absolute Gasteiger partial charge is 0.496 e. The molecule has 0 aliphatic heterocycles. The van der Waals surface area contributed by atoms with E-state index in [0.29, 0.717) is 32.6 Å². The van der Waals surface area contributed by atoms with E-state index in [9.17, 15) is 13.2 Å². The molecule has 0 saturated heterocycles. The molecule has 0 spiro atoms. The van der Waals surface area contributed by atoms with Crippen LogP contribution >= 0.6 is 11.3 Å². The number of hydrogen-bond donors (Lipinski definition) is 3. The Bertz CT molecular complexity index is 1530. The maximum absolute atomic E-state index is 13.0. The van der Waals surface area contributed by atoms with Crippen LogP contribution in [0, 0.1) is 13.8 Å². The number of nitrogens with one attached hydrogen (secondary N) is 2. The molecule has 9 nitrogen and oxygen atoms in total. The number of fused-ring (bicyclic) bond motifs is 1. The Kier molecular flexibility index (Phi) is 6.55. The van der Waals surface area contributed by atoms with Gasteiger partial charge in [-0.3, -0.25) is 9.52 Å². The summed E-state index contributed by atoms with van der Waals surface area (Å²) in [5.74, 6) is 0.512. The summed E-state index contributed by atoms with van der Waals surface area (Å²) in [6, 6.07) is 10.9. The fraction of sp³-hybridized carbons (Fsp3) is 0.167. The summed E-state index contributed by atoms with van der Waals surface area (Å²) < 4.78 is 39.0. The van der Waals surface area contributed by atoms with Crippen LogP contribution in [0.1, 0.15) is 20.8 Å². The molecule has 0 aliphatic carbocycles. The van der Waals surface area contributed by atoms with Crippen molar-refractivity contribution in [1.29, 1.82) is 0 Å². The number of carbonyl (C=O) groups is 1. The number of benzene rings is 2. The molecule has 0 atom stereocenters. The number of carbonyl (C=O) groups excluding carboxylic acids is 1. The molecule has 2 aromatic carbocycles. The number of nitrogens with two attached hydrogens (primary N) is 1. The van der Waals surface area contributed by atoms with Crippen molar-refractivity contribution >= 4 is 54.5 Å². The maximum atomic E-state index is 13.0. The van der Waals surface area contributed by atoms with Gasteiger partial charge in [0.1, 0.15) is 21.2 Å². The summed E-state index contributed by atoms with van der Waals surface area (Å²) in [7, 11) is -0.947. The van der Waals surface area contributed by atoms with Crippen molar-refractivity contribution in [1.82, 2.24) is 4.98 Å². The van der Waals surface area contributed by atoms with Crippen LogP contribution in [0.2, 0.25) is 0 Å². The Balaban J connectivity index is 1.54. The smallest absolute Gasteiger partial charge is 0.267 e. The first kappa shape index (κ1) is 24.3. The lowest BCUT2D eigenvalue weighted by Gasteiger charge is -2.15. The van der Waals surface area contributed by atoms with Crippen molar-refractivity contribution in [2.75, 3.05) is 30.0 Å². The Morgan fingerprint density at radius 1 is 1.00 bits per heavy atom. The van der Waals surface area contributed by atoms with Gasteiger partial charge in [0.2, 0.25) is 0 Å². The lowest BCUT2D eigenvalue weighted by molar-refractivity contribution is 0.103. The third-order valence-corrected chi connectivity index (χ3v) is 7.92. The highest BCUT2D eigenvalue weighted by Crippen LogP contribution is 2.35. The van der Waals surface area contributed by atoms with Crippen molar-refractivity contribution in [2.24, 2.45) is 0 Å². The molecule has 0 saturated carbocycles. The number of pyridine rings is 1. The van der Waals surface area contributed by atoms with E-state index in [0.717, 1.165) is 16.5 Å². The summed E-state index contributed by atoms with van der Waals surface area (Å²) in [6.07, 6.45) is 1.67. The number of ether oxygens (including phenoxy) is 2. The van der Waals surface area contributed by atoms with Gasteiger partial charge in [-0.05, 0) is 61.4 Å². The number of rotatable bonds is 7. The minimum Gasteiger partial charge on any atom is -0.496 e. The maximum Gasteiger partial charge on any atom is 0.267 e. The highest BCUT2D eigenvalue weighted by Gasteiger charge is 2.20. The van der Waals surface area contributed by atoms with Crippen molar-refractivity contribution in [3.63, 3.8) is 0 Å². The molecule has 4 rings (SSSR count). The monoisotopic (exact) mass is 512 g/mol. The van der Waals surface area contributed by atoms with Crippen molar-refractivity contribution in [2.45, 2.75) is 18.7 Å². The van der Waals surface area contributed by atoms with Gasteiger partial charge in [-0.15, -0.1) is 11.3 Å². The quantitative estimate of drug-likeness (QED) is 0.330. The van der Waals surface area contributed by atoms with Gasteiger partial charge in [0.05, 0.1) is 30.5 Å². The molecule has 0 bridgehead atoms. The molecule has 35 heavy (non-hydrogen) atoms. The highest BCUT2D eigenvalue weighted by molar-refractivity contribution is 7.92. The molecule has 0 fully saturated rings. The van der Waals surface area contributed by atoms with Crippen LogP contribution in [-0.2, 0) is 10.0 Å². The van der Waals surface area contributed by atoms with Crippen LogP contribution in [0.15, 0.2) is 53.6 Å². The van der Waals surface area contributed by atoms with Gasteiger partial charge in [-0.25, -0.2) is 13.4 Å². The van der Waals surface area contributed by atoms with E-state index >= 15 is 0 Å². The van der Waals surface area contributed by atoms with Crippen LogP contribution in [0.3, 0.4) is 0 Å². The number of nitrogen functional groups attached to an aromatic ring is 1. The van der Waals surface area contributed by atoms with Crippen molar-refractivity contribution < 1.29 is 22.7 Å². The van der Waals surface area contributed by atoms with Crippen LogP contribution in [0.4, 0.5) is 17.1 Å². The molecule has 4 aromatic rings. The lowest BCUT2D eigenvalue weighted by atomic mass is 10.1. The third-order valence-electron chi connectivity index (χ3n) is 5.43. The van der Waals surface area contributed by atoms with Gasteiger partial charge >= 0.3 is 0 Å². The number of nitrogens with zero attached hydrogens (tertiary/aromatic N) is 1. The number of hydrogen-bond acceptors (Lipinski definition) is 8. The zero-order valence-electron chi connectivity index (χ0n) is 19.5. The Morgan fingerprint density at radius 2 is 1.69 bits per heavy atom. The molecular formula is C24H24N4O5S2. The average Bonchev–Trinajstić information content (AvgIpc) is 3.17. The van der Waals surface area contributed by atoms with Crippen LogP contribution in [0.5, 0.6) is 11.5 Å². The lowest BCUT2D eigenvalue weighted by Crippen LogP contribution is -2.15. The van der Waals surface area contributed by atoms with Gasteiger partial charge in [-0.2, -0.15) is 0 Å². The average molecular weight is 513 g/mol. The first-order valence-electron chi connectivity index (χ1n) is 10.4. The summed E-state index contributed by atoms with van der Waals surface area (Å²) in [4.78, 5) is 18.2. The number of thiophene rings is 1. The SMILES string of the molecule is COc1cc(OC)c(NS(=O)(=O)c2ccc(NC(=O)c3sc4nccc(C)c4c3N)cc2)cc1C. The number of aromatic nitrogens is 1. The second kappa shape index (κ2) is 9.43. The molecule has 11 heteroatoms. The topological polar surface area (TPSA) is 133 Å². The molecule has 4 N–H and O–H groups in total. The predicted molar refractivity (Wildman–Crippen MR) is 138 cm³/mol. The van der Waals surface area contributed by atoms with Gasteiger partial charge < -0.3 is 20.5 Å². The molecule has 182 valence electrons. The van der Waals surface area contributed by atoms with E-state index in [4.69, 9.17) is 15.2 Å². The summed E-state index contributed by atoms with van der Waals surface area (Å²) in [6.45, 7) is 3.71. The van der Waals surface area contributed by atoms with Crippen LogP contribution in [0.25, 0.3) is 10.2 Å². The van der Waals surface area contributed by atoms with E-state index in [1.54, 1.807) is 25.3 Å². The van der Waals surface area contributed by atoms with Crippen molar-refractivity contribution in [3.8, 4) is 11.5 Å². The normalized spacial score (nSPS) is 11.3. The van der Waals surface area contributed by atoms with E-state index in [2.05, 4.69) is 15.0 Å². The second-order valence-corrected chi connectivity index (χ2v) is 10.4. The van der Waals surface area contributed by atoms with E-state index in [1.807, 2.05) is 13.0 Å². The molecule has 0 unspecified atom stereocenters. The minimum absolute atomic E-state index is 0.0206. The summed E-state index contributed by atoms with van der Waals surface area (Å²) >= 11 is 1.21. The van der Waals surface area contributed by atoms with E-state index in [-0.39, 0.29) is 10.6 Å². The molecule has 2 aromatic heterocycles. The van der Waals surface area contributed by atoms with Gasteiger partial charge in [0.25, 0.3) is 15.9 Å². The predicted octanol–water partition coefficient (Wildman–Crippen LogP) is 4.57. The first-order chi connectivity index (χ1) is 16.6. The summed E-state index contributed by atoms with van der Waals surface area (Å²) in [5, 5.41) is 3.52. The number of methoxy groups -OCH3 is 2. The van der Waals surface area contributed by atoms with E-state index in [1.165, 1.54) is 49.8 Å². The molecule has 0 aliphatic rings. The second-order valence-electron chi connectivity index (χ2n) is 7.76. The zero-order valence-corrected chi connectivity index (χ0v) is 21.1. The zero-order chi connectivity index (χ0) is 25.3. The van der Waals surface area contributed by atoms with Crippen molar-refractivity contribution in [3.05, 3.63) is 64.7 Å². The van der Waals surface area contributed by atoms with Crippen LogP contribution < -0.4 is 25.2 Å². The number of amides is 1. The fourth-order valence-corrected chi connectivity index (χ4v) is 5.72. The summed E-state index contributed by atoms with van der Waals surface area (Å²) in [5.41, 5.74) is 8.97. The third kappa shape index (κ3) is 4.73. The number of sulfonamides is 1. The Labute approximate surface area is 207 Å². The minimum atomic E-state index is -3.92. The van der Waals surface area contributed by atoms with Gasteiger partial charge in [-0.1, -0.05) is 0 Å². The highest BCUT2D eigenvalue weighted by atomic mass is 32.2. The van der Waals surface area contributed by atoms with Gasteiger partial charge in [0.15, 0.2) is 0 Å². The van der Waals surface area contributed by atoms with Gasteiger partial charge in [0, 0.05) is 23.3 Å². The fourth-order valence-electron chi connectivity index (χ4n) is 3.62. The Hall–Kier alpha value is -3.83. The Morgan fingerprint density at radius 3 is 2.31 bits per heavy atom. The first-order valence-corrected chi connectivity index (χ1v) is 12.7. The number of anilines is 3. The standard InChI is InChI=1S/C24H24N4O5S2/c1-13-9-10-26-24-20(13)21(25)22(34-24)23(29)27-15-5-7-16(8-6-15)35(30,31)28-17-11-14(2)18(32-3)12-19(17)33-4/h5-12,28H,25H2,1-4H3,(H,27,29). The molecule has 2 heterocycles. The number of aryl methyl sites for hydroxylation is 2. The molecule has 1 amide bonds. The van der Waals surface area contributed by atoms with Crippen LogP contribution in [-0.4, -0.2) is 33.5 Å².